The molecule has 0 aliphatic heterocycles. The highest BCUT2D eigenvalue weighted by Gasteiger charge is 2.25. The molecule has 2 aromatic rings. The number of hydrogen-bond donors (Lipinski definition) is 1. The molecule has 0 spiro atoms. The minimum atomic E-state index is -0.809. The second-order valence-electron chi connectivity index (χ2n) is 4.81. The number of nitro benzene ring substituents is 3. The van der Waals surface area contributed by atoms with Crippen molar-refractivity contribution in [3.05, 3.63) is 60.7 Å². The van der Waals surface area contributed by atoms with Crippen molar-refractivity contribution in [2.75, 3.05) is 12.4 Å². The lowest BCUT2D eigenvalue weighted by molar-refractivity contribution is -0.396. The first kappa shape index (κ1) is 19.6. The van der Waals surface area contributed by atoms with Gasteiger partial charge in [-0.05, 0) is 12.1 Å². The highest BCUT2D eigenvalue weighted by atomic mass is 32.2. The lowest BCUT2D eigenvalue weighted by Gasteiger charge is -2.11. The van der Waals surface area contributed by atoms with Gasteiger partial charge in [0, 0.05) is 11.0 Å². The van der Waals surface area contributed by atoms with E-state index in [2.05, 4.69) is 5.32 Å². The number of amides is 1. The molecule has 0 aliphatic carbocycles. The summed E-state index contributed by atoms with van der Waals surface area (Å²) < 4.78 is 4.99. The van der Waals surface area contributed by atoms with Gasteiger partial charge >= 0.3 is 0 Å². The molecule has 0 saturated heterocycles. The van der Waals surface area contributed by atoms with E-state index < -0.39 is 31.8 Å². The Balaban J connectivity index is 2.64. The van der Waals surface area contributed by atoms with Crippen LogP contribution in [0.25, 0.3) is 0 Å². The molecule has 0 unspecified atom stereocenters. The Kier molecular flexibility index (Phi) is 5.87. The first-order chi connectivity index (χ1) is 12.8. The van der Waals surface area contributed by atoms with Crippen molar-refractivity contribution in [1.29, 1.82) is 0 Å². The third-order valence-corrected chi connectivity index (χ3v) is 4.37. The molecular formula is C14H10N4O8S. The van der Waals surface area contributed by atoms with Crippen LogP contribution in [0.3, 0.4) is 0 Å². The first-order valence-electron chi connectivity index (χ1n) is 6.95. The molecule has 2 aromatic carbocycles. The number of hydrogen-bond acceptors (Lipinski definition) is 9. The summed E-state index contributed by atoms with van der Waals surface area (Å²) >= 11 is 0.721. The van der Waals surface area contributed by atoms with E-state index in [-0.39, 0.29) is 27.6 Å². The van der Waals surface area contributed by atoms with Crippen LogP contribution in [-0.2, 0) is 4.79 Å². The molecule has 0 aromatic heterocycles. The maximum absolute atomic E-state index is 11.3. The SMILES string of the molecule is COc1cc(Sc2ccc([N+](=O)[O-])cc2[N+](=O)[O-])c(NC=O)c([N+](=O)[O-])c1. The van der Waals surface area contributed by atoms with Crippen LogP contribution >= 0.6 is 11.8 Å². The minimum Gasteiger partial charge on any atom is -0.496 e. The zero-order valence-corrected chi connectivity index (χ0v) is 14.3. The number of non-ortho nitro benzene ring substituents is 1. The number of ether oxygens (including phenoxy) is 1. The summed E-state index contributed by atoms with van der Waals surface area (Å²) in [5.41, 5.74) is -1.70. The molecule has 1 amide bonds. The van der Waals surface area contributed by atoms with Gasteiger partial charge in [0.25, 0.3) is 17.1 Å². The number of rotatable bonds is 8. The van der Waals surface area contributed by atoms with Gasteiger partial charge < -0.3 is 10.1 Å². The third-order valence-electron chi connectivity index (χ3n) is 3.26. The average molecular weight is 394 g/mol. The number of carbonyl (C=O) groups excluding carboxylic acids is 1. The minimum absolute atomic E-state index is 0.0119. The molecule has 0 heterocycles. The van der Waals surface area contributed by atoms with Crippen LogP contribution in [0.5, 0.6) is 5.75 Å². The Morgan fingerprint density at radius 1 is 0.963 bits per heavy atom. The molecule has 140 valence electrons. The first-order valence-corrected chi connectivity index (χ1v) is 7.77. The van der Waals surface area contributed by atoms with Gasteiger partial charge in [0.1, 0.15) is 11.4 Å². The van der Waals surface area contributed by atoms with Gasteiger partial charge in [0.2, 0.25) is 6.41 Å². The Morgan fingerprint density at radius 3 is 2.15 bits per heavy atom. The normalized spacial score (nSPS) is 10.1. The van der Waals surface area contributed by atoms with Gasteiger partial charge in [0.05, 0.1) is 38.9 Å². The van der Waals surface area contributed by atoms with E-state index in [1.165, 1.54) is 13.2 Å². The van der Waals surface area contributed by atoms with Crippen LogP contribution in [0.15, 0.2) is 40.1 Å². The van der Waals surface area contributed by atoms with Crippen molar-refractivity contribution >= 4 is 40.9 Å². The summed E-state index contributed by atoms with van der Waals surface area (Å²) in [6.07, 6.45) is 0.225. The fourth-order valence-corrected chi connectivity index (χ4v) is 3.14. The monoisotopic (exact) mass is 394 g/mol. The van der Waals surface area contributed by atoms with Crippen LogP contribution in [0.2, 0.25) is 0 Å². The number of anilines is 1. The van der Waals surface area contributed by atoms with Crippen LogP contribution in [-0.4, -0.2) is 28.3 Å². The zero-order chi connectivity index (χ0) is 20.1. The molecule has 2 rings (SSSR count). The summed E-state index contributed by atoms with van der Waals surface area (Å²) in [5, 5.41) is 35.5. The quantitative estimate of drug-likeness (QED) is 0.401. The Labute approximate surface area is 154 Å². The van der Waals surface area contributed by atoms with Crippen molar-refractivity contribution in [2.24, 2.45) is 0 Å². The molecule has 27 heavy (non-hydrogen) atoms. The molecule has 0 bridgehead atoms. The Bertz CT molecular complexity index is 949. The van der Waals surface area contributed by atoms with E-state index in [0.717, 1.165) is 36.0 Å². The van der Waals surface area contributed by atoms with E-state index in [1.54, 1.807) is 0 Å². The van der Waals surface area contributed by atoms with E-state index in [1.807, 2.05) is 0 Å². The smallest absolute Gasteiger partial charge is 0.297 e. The van der Waals surface area contributed by atoms with Gasteiger partial charge in [-0.3, -0.25) is 35.1 Å². The maximum atomic E-state index is 11.3. The summed E-state index contributed by atoms with van der Waals surface area (Å²) in [6.45, 7) is 0. The second-order valence-corrected chi connectivity index (χ2v) is 5.89. The van der Waals surface area contributed by atoms with Gasteiger partial charge in [-0.1, -0.05) is 11.8 Å². The van der Waals surface area contributed by atoms with Crippen molar-refractivity contribution in [3.63, 3.8) is 0 Å². The predicted octanol–water partition coefficient (Wildman–Crippen LogP) is 3.14. The highest BCUT2D eigenvalue weighted by Crippen LogP contribution is 2.44. The third kappa shape index (κ3) is 4.27. The molecular weight excluding hydrogens is 384 g/mol. The van der Waals surface area contributed by atoms with Gasteiger partial charge in [0.15, 0.2) is 0 Å². The fraction of sp³-hybridized carbons (Fsp3) is 0.0714. The van der Waals surface area contributed by atoms with Crippen LogP contribution < -0.4 is 10.1 Å². The van der Waals surface area contributed by atoms with Crippen LogP contribution in [0, 0.1) is 30.3 Å². The van der Waals surface area contributed by atoms with Gasteiger partial charge in [-0.25, -0.2) is 0 Å². The van der Waals surface area contributed by atoms with E-state index in [9.17, 15) is 35.1 Å². The largest absolute Gasteiger partial charge is 0.496 e. The molecule has 0 saturated carbocycles. The number of methoxy groups -OCH3 is 1. The topological polar surface area (TPSA) is 168 Å². The van der Waals surface area contributed by atoms with Crippen molar-refractivity contribution in [3.8, 4) is 5.75 Å². The Morgan fingerprint density at radius 2 is 1.63 bits per heavy atom. The summed E-state index contributed by atoms with van der Waals surface area (Å²) in [7, 11) is 1.27. The van der Waals surface area contributed by atoms with Crippen molar-refractivity contribution in [1.82, 2.24) is 0 Å². The van der Waals surface area contributed by atoms with Crippen LogP contribution in [0.1, 0.15) is 0 Å². The van der Waals surface area contributed by atoms with E-state index >= 15 is 0 Å². The molecule has 1 N–H and O–H groups in total. The maximum Gasteiger partial charge on any atom is 0.297 e. The zero-order valence-electron chi connectivity index (χ0n) is 13.5. The molecule has 0 atom stereocenters. The van der Waals surface area contributed by atoms with Crippen molar-refractivity contribution < 1.29 is 24.3 Å². The summed E-state index contributed by atoms with van der Waals surface area (Å²) in [5.74, 6) is 0.0882. The lowest BCUT2D eigenvalue weighted by atomic mass is 10.2. The summed E-state index contributed by atoms with van der Waals surface area (Å²) in [4.78, 5) is 41.9. The predicted molar refractivity (Wildman–Crippen MR) is 93.2 cm³/mol. The van der Waals surface area contributed by atoms with Crippen LogP contribution in [0.4, 0.5) is 22.7 Å². The number of nitro groups is 3. The number of benzene rings is 2. The number of nitrogens with one attached hydrogen (secondary N) is 1. The summed E-state index contributed by atoms with van der Waals surface area (Å²) in [6, 6.07) is 5.42. The fourth-order valence-electron chi connectivity index (χ4n) is 2.09. The van der Waals surface area contributed by atoms with Gasteiger partial charge in [-0.15, -0.1) is 0 Å². The molecule has 0 fully saturated rings. The highest BCUT2D eigenvalue weighted by molar-refractivity contribution is 7.99. The molecule has 0 radical (unpaired) electrons. The number of nitrogens with zero attached hydrogens (tertiary/aromatic N) is 3. The Hall–Kier alpha value is -3.74. The van der Waals surface area contributed by atoms with E-state index in [0.29, 0.717) is 0 Å². The molecule has 13 heteroatoms. The standard InChI is InChI=1S/C14H10N4O8S/c1-26-9-5-11(18(24)25)14(15-7-19)13(6-9)27-12-3-2-8(16(20)21)4-10(12)17(22)23/h2-7H,1H3,(H,15,19). The van der Waals surface area contributed by atoms with Gasteiger partial charge in [-0.2, -0.15) is 0 Å². The second kappa shape index (κ2) is 8.09. The molecule has 12 nitrogen and oxygen atoms in total. The van der Waals surface area contributed by atoms with E-state index in [4.69, 9.17) is 4.74 Å². The average Bonchev–Trinajstić information content (AvgIpc) is 2.62. The number of carbonyl (C=O) groups is 1. The van der Waals surface area contributed by atoms with Crippen molar-refractivity contribution in [2.45, 2.75) is 9.79 Å². The lowest BCUT2D eigenvalue weighted by Crippen LogP contribution is -2.02. The molecule has 0 aliphatic rings.